The number of rotatable bonds is 5. The number of aliphatic hydroxyl groups is 1. The van der Waals surface area contributed by atoms with Crippen LogP contribution < -0.4 is 4.74 Å². The van der Waals surface area contributed by atoms with Gasteiger partial charge in [0.2, 0.25) is 0 Å². The van der Waals surface area contributed by atoms with E-state index in [2.05, 4.69) is 4.98 Å². The number of halogens is 1. The lowest BCUT2D eigenvalue weighted by molar-refractivity contribution is -0.140. The van der Waals surface area contributed by atoms with E-state index in [0.717, 1.165) is 0 Å². The normalized spacial score (nSPS) is 17.7. The van der Waals surface area contributed by atoms with E-state index in [4.69, 9.17) is 16.3 Å². The van der Waals surface area contributed by atoms with E-state index in [1.165, 1.54) is 12.0 Å². The molecule has 31 heavy (non-hydrogen) atoms. The number of hydrogen-bond donors (Lipinski definition) is 1. The molecule has 1 unspecified atom stereocenters. The van der Waals surface area contributed by atoms with Crippen molar-refractivity contribution in [3.05, 3.63) is 100 Å². The van der Waals surface area contributed by atoms with E-state index < -0.39 is 17.7 Å². The van der Waals surface area contributed by atoms with Gasteiger partial charge in [-0.1, -0.05) is 35.9 Å². The number of Topliss-reactive ketones (excluding diaryl/α,β-unsaturated/α-hetero) is 1. The van der Waals surface area contributed by atoms with Crippen molar-refractivity contribution in [2.24, 2.45) is 0 Å². The van der Waals surface area contributed by atoms with Gasteiger partial charge < -0.3 is 14.7 Å². The summed E-state index contributed by atoms with van der Waals surface area (Å²) in [4.78, 5) is 31.8. The van der Waals surface area contributed by atoms with Crippen LogP contribution in [0.15, 0.2) is 78.5 Å². The van der Waals surface area contributed by atoms with Gasteiger partial charge in [-0.05, 0) is 42.5 Å². The Morgan fingerprint density at radius 2 is 1.77 bits per heavy atom. The zero-order chi connectivity index (χ0) is 22.0. The Morgan fingerprint density at radius 3 is 2.45 bits per heavy atom. The van der Waals surface area contributed by atoms with Crippen molar-refractivity contribution in [3.8, 4) is 5.75 Å². The highest BCUT2D eigenvalue weighted by Gasteiger charge is 2.47. The van der Waals surface area contributed by atoms with Gasteiger partial charge in [-0.25, -0.2) is 0 Å². The number of aromatic nitrogens is 1. The molecule has 1 aromatic heterocycles. The Morgan fingerprint density at radius 1 is 1.06 bits per heavy atom. The Hall–Kier alpha value is -3.64. The minimum atomic E-state index is -0.839. The number of pyridine rings is 1. The lowest BCUT2D eigenvalue weighted by atomic mass is 9.94. The first-order valence-electron chi connectivity index (χ1n) is 9.58. The van der Waals surface area contributed by atoms with Crippen molar-refractivity contribution in [1.82, 2.24) is 9.88 Å². The molecule has 2 aromatic carbocycles. The fourth-order valence-electron chi connectivity index (χ4n) is 3.69. The highest BCUT2D eigenvalue weighted by molar-refractivity contribution is 6.46. The zero-order valence-electron chi connectivity index (χ0n) is 16.7. The third-order valence-electron chi connectivity index (χ3n) is 5.15. The van der Waals surface area contributed by atoms with Crippen LogP contribution in [-0.4, -0.2) is 33.8 Å². The SMILES string of the molecule is COc1ccccc1C1/C(=C(/O)c2ccc(Cl)cc2)C(=O)C(=O)N1Cc1ccccn1. The van der Waals surface area contributed by atoms with E-state index in [9.17, 15) is 14.7 Å². The number of benzene rings is 2. The Bertz CT molecular complexity index is 1160. The van der Waals surface area contributed by atoms with Crippen molar-refractivity contribution in [1.29, 1.82) is 0 Å². The largest absolute Gasteiger partial charge is 0.507 e. The first kappa shape index (κ1) is 20.6. The van der Waals surface area contributed by atoms with Crippen molar-refractivity contribution in [3.63, 3.8) is 0 Å². The number of aliphatic hydroxyl groups excluding tert-OH is 1. The molecule has 1 aliphatic rings. The molecule has 1 atom stereocenters. The molecule has 0 radical (unpaired) electrons. The maximum absolute atomic E-state index is 13.1. The molecule has 7 heteroatoms. The number of amides is 1. The van der Waals surface area contributed by atoms with Crippen LogP contribution in [0.4, 0.5) is 0 Å². The summed E-state index contributed by atoms with van der Waals surface area (Å²) >= 11 is 5.95. The molecule has 0 spiro atoms. The quantitative estimate of drug-likeness (QED) is 0.366. The highest BCUT2D eigenvalue weighted by Crippen LogP contribution is 2.43. The lowest BCUT2D eigenvalue weighted by Gasteiger charge is -2.26. The Balaban J connectivity index is 1.90. The molecule has 0 bridgehead atoms. The van der Waals surface area contributed by atoms with Crippen LogP contribution in [0.25, 0.3) is 5.76 Å². The van der Waals surface area contributed by atoms with Crippen LogP contribution in [0.2, 0.25) is 5.02 Å². The predicted molar refractivity (Wildman–Crippen MR) is 117 cm³/mol. The van der Waals surface area contributed by atoms with Crippen molar-refractivity contribution in [2.45, 2.75) is 12.6 Å². The van der Waals surface area contributed by atoms with Gasteiger partial charge in [0.15, 0.2) is 0 Å². The highest BCUT2D eigenvalue weighted by atomic mass is 35.5. The predicted octanol–water partition coefficient (Wildman–Crippen LogP) is 4.37. The molecule has 1 fully saturated rings. The maximum atomic E-state index is 13.1. The second-order valence-corrected chi connectivity index (χ2v) is 7.43. The number of nitrogens with zero attached hydrogens (tertiary/aromatic N) is 2. The zero-order valence-corrected chi connectivity index (χ0v) is 17.4. The average Bonchev–Trinajstić information content (AvgIpc) is 3.04. The molecule has 1 amide bonds. The van der Waals surface area contributed by atoms with Gasteiger partial charge in [-0.2, -0.15) is 0 Å². The molecule has 3 aromatic rings. The average molecular weight is 435 g/mol. The molecular weight excluding hydrogens is 416 g/mol. The first-order chi connectivity index (χ1) is 15.0. The summed E-state index contributed by atoms with van der Waals surface area (Å²) in [5, 5.41) is 11.6. The van der Waals surface area contributed by atoms with Crippen LogP contribution in [0.1, 0.15) is 22.9 Å². The smallest absolute Gasteiger partial charge is 0.296 e. The van der Waals surface area contributed by atoms with Gasteiger partial charge in [-0.15, -0.1) is 0 Å². The molecular formula is C24H19ClN2O4. The van der Waals surface area contributed by atoms with Gasteiger partial charge in [0.05, 0.1) is 31.0 Å². The summed E-state index contributed by atoms with van der Waals surface area (Å²) in [7, 11) is 1.52. The summed E-state index contributed by atoms with van der Waals surface area (Å²) in [6.45, 7) is 0.103. The van der Waals surface area contributed by atoms with Crippen LogP contribution in [0.3, 0.4) is 0 Å². The number of hydrogen-bond acceptors (Lipinski definition) is 5. The van der Waals surface area contributed by atoms with E-state index >= 15 is 0 Å². The summed E-state index contributed by atoms with van der Waals surface area (Å²) in [6, 6.07) is 18.1. The Kier molecular flexibility index (Phi) is 5.73. The van der Waals surface area contributed by atoms with E-state index in [1.54, 1.807) is 66.9 Å². The van der Waals surface area contributed by atoms with Gasteiger partial charge in [0, 0.05) is 22.3 Å². The topological polar surface area (TPSA) is 79.7 Å². The van der Waals surface area contributed by atoms with Crippen LogP contribution in [0.5, 0.6) is 5.75 Å². The summed E-state index contributed by atoms with van der Waals surface area (Å²) < 4.78 is 5.49. The molecule has 156 valence electrons. The van der Waals surface area contributed by atoms with Crippen molar-refractivity contribution < 1.29 is 19.4 Å². The number of likely N-dealkylation sites (tertiary alicyclic amines) is 1. The molecule has 0 aliphatic carbocycles. The standard InChI is InChI=1S/C24H19ClN2O4/c1-31-19-8-3-2-7-18(19)21-20(22(28)15-9-11-16(25)12-10-15)23(29)24(30)27(21)14-17-6-4-5-13-26-17/h2-13,21,28H,14H2,1H3/b22-20-. The number of carbonyl (C=O) groups is 2. The monoisotopic (exact) mass is 434 g/mol. The van der Waals surface area contributed by atoms with Gasteiger partial charge in [0.25, 0.3) is 11.7 Å². The number of ether oxygens (including phenoxy) is 1. The van der Waals surface area contributed by atoms with Crippen molar-refractivity contribution in [2.75, 3.05) is 7.11 Å². The number of ketones is 1. The van der Waals surface area contributed by atoms with Gasteiger partial charge in [0.1, 0.15) is 11.5 Å². The van der Waals surface area contributed by atoms with Gasteiger partial charge >= 0.3 is 0 Å². The molecule has 0 saturated carbocycles. The Labute approximate surface area is 184 Å². The summed E-state index contributed by atoms with van der Waals surface area (Å²) in [6.07, 6.45) is 1.62. The second kappa shape index (κ2) is 8.62. The minimum absolute atomic E-state index is 0.00671. The molecule has 4 rings (SSSR count). The van der Waals surface area contributed by atoms with E-state index in [0.29, 0.717) is 27.6 Å². The summed E-state index contributed by atoms with van der Waals surface area (Å²) in [5.74, 6) is -1.24. The van der Waals surface area contributed by atoms with E-state index in [-0.39, 0.29) is 17.9 Å². The second-order valence-electron chi connectivity index (χ2n) is 7.00. The third-order valence-corrected chi connectivity index (χ3v) is 5.40. The number of para-hydroxylation sites is 1. The molecule has 1 aliphatic heterocycles. The molecule has 1 N–H and O–H groups in total. The van der Waals surface area contributed by atoms with Crippen LogP contribution in [0, 0.1) is 0 Å². The summed E-state index contributed by atoms with van der Waals surface area (Å²) in [5.41, 5.74) is 1.60. The molecule has 1 saturated heterocycles. The fraction of sp³-hybridized carbons (Fsp3) is 0.125. The minimum Gasteiger partial charge on any atom is -0.507 e. The maximum Gasteiger partial charge on any atom is 0.296 e. The lowest BCUT2D eigenvalue weighted by Crippen LogP contribution is -2.29. The molecule has 6 nitrogen and oxygen atoms in total. The van der Waals surface area contributed by atoms with Crippen LogP contribution in [-0.2, 0) is 16.1 Å². The molecule has 2 heterocycles. The third kappa shape index (κ3) is 3.90. The first-order valence-corrected chi connectivity index (χ1v) is 9.96. The van der Waals surface area contributed by atoms with Crippen molar-refractivity contribution >= 4 is 29.1 Å². The van der Waals surface area contributed by atoms with E-state index in [1.807, 2.05) is 6.07 Å². The van der Waals surface area contributed by atoms with Crippen LogP contribution >= 0.6 is 11.6 Å². The van der Waals surface area contributed by atoms with Gasteiger partial charge in [-0.3, -0.25) is 14.6 Å². The number of carbonyl (C=O) groups excluding carboxylic acids is 2. The fourth-order valence-corrected chi connectivity index (χ4v) is 3.81. The number of methoxy groups -OCH3 is 1.